The third-order valence-corrected chi connectivity index (χ3v) is 5.71. The van der Waals surface area contributed by atoms with Crippen LogP contribution < -0.4 is 9.46 Å². The van der Waals surface area contributed by atoms with Gasteiger partial charge in [0.15, 0.2) is 0 Å². The molecule has 0 saturated heterocycles. The molecule has 0 spiro atoms. The Morgan fingerprint density at radius 2 is 1.81 bits per heavy atom. The molecular weight excluding hydrogens is 437 g/mol. The molecule has 0 amide bonds. The van der Waals surface area contributed by atoms with Crippen molar-refractivity contribution < 1.29 is 36.2 Å². The van der Waals surface area contributed by atoms with Crippen molar-refractivity contribution in [2.24, 2.45) is 0 Å². The second-order valence-electron chi connectivity index (χ2n) is 6.48. The van der Waals surface area contributed by atoms with E-state index in [4.69, 9.17) is 9.84 Å². The molecule has 0 fully saturated rings. The first kappa shape index (κ1) is 22.2. The van der Waals surface area contributed by atoms with Gasteiger partial charge in [0.2, 0.25) is 0 Å². The fourth-order valence-electron chi connectivity index (χ4n) is 2.93. The van der Waals surface area contributed by atoms with Gasteiger partial charge in [-0.3, -0.25) is 9.52 Å². The van der Waals surface area contributed by atoms with E-state index in [1.54, 1.807) is 24.5 Å². The predicted molar refractivity (Wildman–Crippen MR) is 106 cm³/mol. The molecule has 0 aliphatic carbocycles. The molecule has 11 heteroatoms. The van der Waals surface area contributed by atoms with Crippen LogP contribution in [0.25, 0.3) is 5.69 Å². The molecule has 0 atom stereocenters. The zero-order valence-corrected chi connectivity index (χ0v) is 16.9. The average molecular weight is 454 g/mol. The highest BCUT2D eigenvalue weighted by molar-refractivity contribution is 7.92. The molecule has 0 bridgehead atoms. The minimum Gasteiger partial charge on any atom is -0.495 e. The number of alkyl halides is 3. The molecular formula is C20H17F3N2O5S. The van der Waals surface area contributed by atoms with Gasteiger partial charge in [-0.1, -0.05) is 6.07 Å². The van der Waals surface area contributed by atoms with E-state index in [9.17, 15) is 26.4 Å². The van der Waals surface area contributed by atoms with E-state index in [0.717, 1.165) is 18.2 Å². The first-order valence-corrected chi connectivity index (χ1v) is 10.3. The lowest BCUT2D eigenvalue weighted by Crippen LogP contribution is -2.17. The van der Waals surface area contributed by atoms with Crippen molar-refractivity contribution in [3.63, 3.8) is 0 Å². The Morgan fingerprint density at radius 1 is 1.13 bits per heavy atom. The highest BCUT2D eigenvalue weighted by atomic mass is 32.2. The number of benzene rings is 2. The fourth-order valence-corrected chi connectivity index (χ4v) is 4.22. The predicted octanol–water partition coefficient (Wildman–Crippen LogP) is 3.93. The van der Waals surface area contributed by atoms with Gasteiger partial charge in [-0.25, -0.2) is 8.42 Å². The van der Waals surface area contributed by atoms with Gasteiger partial charge in [0.25, 0.3) is 10.0 Å². The van der Waals surface area contributed by atoms with Crippen LogP contribution in [-0.4, -0.2) is 31.2 Å². The third-order valence-electron chi connectivity index (χ3n) is 4.32. The molecule has 1 aromatic heterocycles. The zero-order chi connectivity index (χ0) is 22.8. The number of aliphatic carboxylic acids is 1. The second kappa shape index (κ2) is 8.34. The zero-order valence-electron chi connectivity index (χ0n) is 16.1. The van der Waals surface area contributed by atoms with Gasteiger partial charge in [-0.15, -0.1) is 0 Å². The summed E-state index contributed by atoms with van der Waals surface area (Å²) in [5.74, 6) is -1.26. The summed E-state index contributed by atoms with van der Waals surface area (Å²) < 4.78 is 74.5. The summed E-state index contributed by atoms with van der Waals surface area (Å²) in [6, 6.07) is 9.74. The van der Waals surface area contributed by atoms with Crippen molar-refractivity contribution >= 4 is 21.7 Å². The number of nitrogens with one attached hydrogen (secondary N) is 1. The SMILES string of the molecule is COc1ccc(CC(=O)O)cc1S(=O)(=O)Nc1cc(C(F)(F)F)ccc1-n1cccc1. The number of sulfonamides is 1. The van der Waals surface area contributed by atoms with Gasteiger partial charge in [0.05, 0.1) is 30.5 Å². The lowest BCUT2D eigenvalue weighted by Gasteiger charge is -2.17. The van der Waals surface area contributed by atoms with E-state index in [1.165, 1.54) is 23.8 Å². The Kier molecular flexibility index (Phi) is 5.98. The number of anilines is 1. The van der Waals surface area contributed by atoms with E-state index in [0.29, 0.717) is 6.07 Å². The van der Waals surface area contributed by atoms with Crippen LogP contribution in [0, 0.1) is 0 Å². The van der Waals surface area contributed by atoms with Crippen LogP contribution in [0.2, 0.25) is 0 Å². The first-order valence-electron chi connectivity index (χ1n) is 8.77. The minimum atomic E-state index is -4.69. The van der Waals surface area contributed by atoms with Gasteiger partial charge >= 0.3 is 12.1 Å². The van der Waals surface area contributed by atoms with Gasteiger partial charge in [-0.2, -0.15) is 13.2 Å². The van der Waals surface area contributed by atoms with E-state index in [1.807, 2.05) is 0 Å². The number of methoxy groups -OCH3 is 1. The summed E-state index contributed by atoms with van der Waals surface area (Å²) in [5, 5.41) is 8.97. The van der Waals surface area contributed by atoms with Crippen LogP contribution in [0.1, 0.15) is 11.1 Å². The maximum atomic E-state index is 13.2. The van der Waals surface area contributed by atoms with E-state index in [-0.39, 0.29) is 22.7 Å². The number of ether oxygens (including phenoxy) is 1. The standard InChI is InChI=1S/C20H17F3N2O5S/c1-30-17-7-4-13(11-19(26)27)10-18(17)31(28,29)24-15-12-14(20(21,22)23)5-6-16(15)25-8-2-3-9-25/h2-10,12,24H,11H2,1H3,(H,26,27). The summed E-state index contributed by atoms with van der Waals surface area (Å²) >= 11 is 0. The Balaban J connectivity index is 2.11. The summed E-state index contributed by atoms with van der Waals surface area (Å²) in [6.45, 7) is 0. The van der Waals surface area contributed by atoms with Crippen molar-refractivity contribution in [1.29, 1.82) is 0 Å². The molecule has 3 rings (SSSR count). The summed E-state index contributed by atoms with van der Waals surface area (Å²) in [7, 11) is -3.22. The number of carboxylic acid groups (broad SMARTS) is 1. The van der Waals surface area contributed by atoms with Gasteiger partial charge in [0, 0.05) is 12.4 Å². The summed E-state index contributed by atoms with van der Waals surface area (Å²) in [5.41, 5.74) is -0.991. The number of hydrogen-bond acceptors (Lipinski definition) is 4. The molecule has 2 N–H and O–H groups in total. The molecule has 0 unspecified atom stereocenters. The largest absolute Gasteiger partial charge is 0.495 e. The lowest BCUT2D eigenvalue weighted by molar-refractivity contribution is -0.138. The Morgan fingerprint density at radius 3 is 2.39 bits per heavy atom. The summed E-state index contributed by atoms with van der Waals surface area (Å²) in [6.07, 6.45) is -2.03. The monoisotopic (exact) mass is 454 g/mol. The van der Waals surface area contributed by atoms with Gasteiger partial charge < -0.3 is 14.4 Å². The second-order valence-corrected chi connectivity index (χ2v) is 8.13. The quantitative estimate of drug-likeness (QED) is 0.564. The maximum absolute atomic E-state index is 13.2. The van der Waals surface area contributed by atoms with Crippen LogP contribution in [0.5, 0.6) is 5.75 Å². The highest BCUT2D eigenvalue weighted by Gasteiger charge is 2.32. The fraction of sp³-hybridized carbons (Fsp3) is 0.150. The number of hydrogen-bond donors (Lipinski definition) is 2. The molecule has 1 heterocycles. The molecule has 0 saturated carbocycles. The summed E-state index contributed by atoms with van der Waals surface area (Å²) in [4.78, 5) is 10.6. The van der Waals surface area contributed by atoms with Crippen molar-refractivity contribution in [3.8, 4) is 11.4 Å². The lowest BCUT2D eigenvalue weighted by atomic mass is 10.1. The van der Waals surface area contributed by atoms with Crippen LogP contribution in [0.4, 0.5) is 18.9 Å². The van der Waals surface area contributed by atoms with Crippen LogP contribution >= 0.6 is 0 Å². The molecule has 0 aliphatic rings. The Bertz CT molecular complexity index is 1210. The van der Waals surface area contributed by atoms with Crippen LogP contribution in [-0.2, 0) is 27.4 Å². The first-order chi connectivity index (χ1) is 14.5. The maximum Gasteiger partial charge on any atom is 0.416 e. The van der Waals surface area contributed by atoms with Crippen LogP contribution in [0.15, 0.2) is 65.8 Å². The van der Waals surface area contributed by atoms with E-state index >= 15 is 0 Å². The van der Waals surface area contributed by atoms with Crippen molar-refractivity contribution in [2.75, 3.05) is 11.8 Å². The van der Waals surface area contributed by atoms with E-state index in [2.05, 4.69) is 4.72 Å². The Labute approximate surface area is 175 Å². The smallest absolute Gasteiger partial charge is 0.416 e. The number of nitrogens with zero attached hydrogens (tertiary/aromatic N) is 1. The minimum absolute atomic E-state index is 0.0869. The Hall–Kier alpha value is -3.47. The van der Waals surface area contributed by atoms with Crippen molar-refractivity contribution in [1.82, 2.24) is 4.57 Å². The van der Waals surface area contributed by atoms with E-state index < -0.39 is 39.0 Å². The number of halogens is 3. The molecule has 3 aromatic rings. The molecule has 2 aromatic carbocycles. The molecule has 31 heavy (non-hydrogen) atoms. The average Bonchev–Trinajstić information content (AvgIpc) is 3.21. The number of carbonyl (C=O) groups is 1. The number of aromatic nitrogens is 1. The number of rotatable bonds is 7. The van der Waals surface area contributed by atoms with Crippen LogP contribution in [0.3, 0.4) is 0 Å². The van der Waals surface area contributed by atoms with Crippen molar-refractivity contribution in [2.45, 2.75) is 17.5 Å². The molecule has 0 radical (unpaired) electrons. The number of carboxylic acids is 1. The van der Waals surface area contributed by atoms with Crippen molar-refractivity contribution in [3.05, 3.63) is 72.1 Å². The normalized spacial score (nSPS) is 11.9. The molecule has 7 nitrogen and oxygen atoms in total. The third kappa shape index (κ3) is 5.00. The van der Waals surface area contributed by atoms with Gasteiger partial charge in [-0.05, 0) is 48.0 Å². The van der Waals surface area contributed by atoms with Gasteiger partial charge in [0.1, 0.15) is 10.6 Å². The molecule has 164 valence electrons. The highest BCUT2D eigenvalue weighted by Crippen LogP contribution is 2.35. The topological polar surface area (TPSA) is 97.6 Å². The molecule has 0 aliphatic heterocycles.